The maximum atomic E-state index is 12.5. The van der Waals surface area contributed by atoms with Crippen molar-refractivity contribution in [3.05, 3.63) is 57.5 Å². The largest absolute Gasteiger partial charge is 0.470 e. The van der Waals surface area contributed by atoms with Gasteiger partial charge in [0.1, 0.15) is 5.75 Å². The lowest BCUT2D eigenvalue weighted by molar-refractivity contribution is 0.0958. The van der Waals surface area contributed by atoms with Crippen molar-refractivity contribution in [2.24, 2.45) is 0 Å². The van der Waals surface area contributed by atoms with Gasteiger partial charge in [-0.05, 0) is 31.2 Å². The van der Waals surface area contributed by atoms with Gasteiger partial charge in [-0.2, -0.15) is 10.2 Å². The second-order valence-corrected chi connectivity index (χ2v) is 7.19. The first-order valence-corrected chi connectivity index (χ1v) is 9.80. The minimum absolute atomic E-state index is 0.0753. The van der Waals surface area contributed by atoms with Gasteiger partial charge in [0, 0.05) is 30.5 Å². The Morgan fingerprint density at radius 1 is 1.21 bits per heavy atom. The number of rotatable bonds is 7. The number of nitrogens with one attached hydrogen (secondary N) is 2. The number of nitrogens with zero attached hydrogens (tertiary/aromatic N) is 4. The average Bonchev–Trinajstić information content (AvgIpc) is 3.33. The highest BCUT2D eigenvalue weighted by molar-refractivity contribution is 9.10. The zero-order valence-corrected chi connectivity index (χ0v) is 18.0. The van der Waals surface area contributed by atoms with Crippen LogP contribution in [0.5, 0.6) is 5.75 Å². The molecule has 0 atom stereocenters. The molecule has 2 heterocycles. The Balaban J connectivity index is 1.68. The Hall–Kier alpha value is -2.85. The molecule has 0 spiro atoms. The molecule has 2 aromatic heterocycles. The topological polar surface area (TPSA) is 103 Å². The summed E-state index contributed by atoms with van der Waals surface area (Å²) in [6.45, 7) is 2.52. The van der Waals surface area contributed by atoms with Gasteiger partial charge in [-0.25, -0.2) is 4.68 Å². The highest BCUT2D eigenvalue weighted by Gasteiger charge is 2.19. The quantitative estimate of drug-likeness (QED) is 0.539. The van der Waals surface area contributed by atoms with Crippen molar-refractivity contribution in [3.8, 4) is 5.75 Å². The van der Waals surface area contributed by atoms with E-state index in [2.05, 4.69) is 36.8 Å². The summed E-state index contributed by atoms with van der Waals surface area (Å²) in [5, 5.41) is 14.0. The molecule has 3 rings (SSSR count). The van der Waals surface area contributed by atoms with Crippen LogP contribution in [0, 0.1) is 0 Å². The molecule has 9 nitrogen and oxygen atoms in total. The van der Waals surface area contributed by atoms with Crippen molar-refractivity contribution in [3.63, 3.8) is 0 Å². The van der Waals surface area contributed by atoms with Gasteiger partial charge in [-0.3, -0.25) is 14.3 Å². The normalized spacial score (nSPS) is 10.6. The highest BCUT2D eigenvalue weighted by atomic mass is 79.9. The van der Waals surface area contributed by atoms with Gasteiger partial charge in [-0.15, -0.1) is 0 Å². The monoisotopic (exact) mass is 480 g/mol. The van der Waals surface area contributed by atoms with E-state index in [0.717, 1.165) is 4.47 Å². The van der Waals surface area contributed by atoms with Crippen molar-refractivity contribution in [1.29, 1.82) is 0 Å². The van der Waals surface area contributed by atoms with Crippen molar-refractivity contribution in [2.45, 2.75) is 20.2 Å². The first-order chi connectivity index (χ1) is 13.9. The van der Waals surface area contributed by atoms with Crippen LogP contribution in [0.1, 0.15) is 27.9 Å². The van der Waals surface area contributed by atoms with Crippen molar-refractivity contribution >= 4 is 45.0 Å². The summed E-state index contributed by atoms with van der Waals surface area (Å²) in [7, 11) is 1.50. The average molecular weight is 482 g/mol. The van der Waals surface area contributed by atoms with Gasteiger partial charge in [0.15, 0.2) is 18.1 Å². The number of anilines is 1. The second-order valence-electron chi connectivity index (χ2n) is 5.87. The standard InChI is InChI=1S/C18H18BrClN6O3/c1-3-25-9-14(16(24-25)18(28)21-2)22-17(27)13-6-7-26(23-13)10-29-15-5-4-11(19)8-12(15)20/h4-9H,3,10H2,1-2H3,(H,21,28)(H,22,27). The number of halogens is 2. The van der Waals surface area contributed by atoms with Crippen molar-refractivity contribution < 1.29 is 14.3 Å². The summed E-state index contributed by atoms with van der Waals surface area (Å²) < 4.78 is 9.49. The van der Waals surface area contributed by atoms with E-state index in [0.29, 0.717) is 23.0 Å². The van der Waals surface area contributed by atoms with Gasteiger partial charge in [0.05, 0.1) is 10.7 Å². The van der Waals surface area contributed by atoms with E-state index in [-0.39, 0.29) is 18.1 Å². The molecule has 0 saturated heterocycles. The summed E-state index contributed by atoms with van der Waals surface area (Å²) >= 11 is 9.45. The zero-order chi connectivity index (χ0) is 21.0. The van der Waals surface area contributed by atoms with Crippen LogP contribution in [0.4, 0.5) is 5.69 Å². The van der Waals surface area contributed by atoms with E-state index >= 15 is 0 Å². The number of hydrogen-bond acceptors (Lipinski definition) is 5. The Kier molecular flexibility index (Phi) is 6.55. The Labute approximate surface area is 180 Å². The SMILES string of the molecule is CCn1cc(NC(=O)c2ccn(COc3ccc(Br)cc3Cl)n2)c(C(=O)NC)n1. The molecule has 29 heavy (non-hydrogen) atoms. The number of aromatic nitrogens is 4. The molecule has 0 bridgehead atoms. The van der Waals surface area contributed by atoms with E-state index in [1.807, 2.05) is 13.0 Å². The Morgan fingerprint density at radius 3 is 2.69 bits per heavy atom. The molecule has 0 radical (unpaired) electrons. The number of carbonyl (C=O) groups excluding carboxylic acids is 2. The molecule has 3 aromatic rings. The fraction of sp³-hybridized carbons (Fsp3) is 0.222. The number of aryl methyl sites for hydroxylation is 1. The summed E-state index contributed by atoms with van der Waals surface area (Å²) in [6.07, 6.45) is 3.20. The lowest BCUT2D eigenvalue weighted by Gasteiger charge is -2.08. The lowest BCUT2D eigenvalue weighted by atomic mass is 10.3. The van der Waals surface area contributed by atoms with Crippen LogP contribution < -0.4 is 15.4 Å². The van der Waals surface area contributed by atoms with Crippen LogP contribution in [0.25, 0.3) is 0 Å². The summed E-state index contributed by atoms with van der Waals surface area (Å²) in [5.41, 5.74) is 0.613. The molecule has 0 unspecified atom stereocenters. The van der Waals surface area contributed by atoms with Crippen molar-refractivity contribution in [2.75, 3.05) is 12.4 Å². The molecule has 11 heteroatoms. The maximum Gasteiger partial charge on any atom is 0.276 e. The maximum absolute atomic E-state index is 12.5. The molecule has 0 aliphatic heterocycles. The van der Waals surface area contributed by atoms with E-state index in [1.165, 1.54) is 11.7 Å². The zero-order valence-electron chi connectivity index (χ0n) is 15.6. The van der Waals surface area contributed by atoms with Gasteiger partial charge in [0.2, 0.25) is 0 Å². The molecule has 152 valence electrons. The van der Waals surface area contributed by atoms with Crippen molar-refractivity contribution in [1.82, 2.24) is 24.9 Å². The smallest absolute Gasteiger partial charge is 0.276 e. The third-order valence-electron chi connectivity index (χ3n) is 3.90. The molecule has 0 saturated carbocycles. The molecular formula is C18H18BrClN6O3. The third-order valence-corrected chi connectivity index (χ3v) is 4.68. The molecule has 0 fully saturated rings. The van der Waals surface area contributed by atoms with Crippen LogP contribution in [0.3, 0.4) is 0 Å². The summed E-state index contributed by atoms with van der Waals surface area (Å²) in [5.74, 6) is -0.359. The van der Waals surface area contributed by atoms with Crippen LogP contribution in [0.2, 0.25) is 5.02 Å². The minimum Gasteiger partial charge on any atom is -0.470 e. The highest BCUT2D eigenvalue weighted by Crippen LogP contribution is 2.27. The van der Waals surface area contributed by atoms with Gasteiger partial charge < -0.3 is 15.4 Å². The van der Waals surface area contributed by atoms with E-state index in [4.69, 9.17) is 16.3 Å². The van der Waals surface area contributed by atoms with E-state index in [9.17, 15) is 9.59 Å². The molecular weight excluding hydrogens is 464 g/mol. The Bertz CT molecular complexity index is 1050. The predicted molar refractivity (Wildman–Crippen MR) is 111 cm³/mol. The first kappa shape index (κ1) is 20.9. The molecule has 0 aliphatic carbocycles. The fourth-order valence-corrected chi connectivity index (χ4v) is 3.16. The van der Waals surface area contributed by atoms with Gasteiger partial charge in [-0.1, -0.05) is 27.5 Å². The van der Waals surface area contributed by atoms with Crippen LogP contribution >= 0.6 is 27.5 Å². The van der Waals surface area contributed by atoms with E-state index < -0.39 is 11.8 Å². The lowest BCUT2D eigenvalue weighted by Crippen LogP contribution is -2.22. The first-order valence-electron chi connectivity index (χ1n) is 8.63. The molecule has 1 aromatic carbocycles. The fourth-order valence-electron chi connectivity index (χ4n) is 2.43. The van der Waals surface area contributed by atoms with Crippen LogP contribution in [-0.2, 0) is 13.3 Å². The number of amides is 2. The molecule has 2 N–H and O–H groups in total. The number of benzene rings is 1. The summed E-state index contributed by atoms with van der Waals surface area (Å²) in [4.78, 5) is 24.5. The number of ether oxygens (including phenoxy) is 1. The summed E-state index contributed by atoms with van der Waals surface area (Å²) in [6, 6.07) is 6.81. The second kappa shape index (κ2) is 9.10. The van der Waals surface area contributed by atoms with Gasteiger partial charge in [0.25, 0.3) is 11.8 Å². The Morgan fingerprint density at radius 2 is 2.00 bits per heavy atom. The number of hydrogen-bond donors (Lipinski definition) is 2. The number of carbonyl (C=O) groups is 2. The van der Waals surface area contributed by atoms with Crippen LogP contribution in [-0.4, -0.2) is 38.4 Å². The van der Waals surface area contributed by atoms with Gasteiger partial charge >= 0.3 is 0 Å². The predicted octanol–water partition coefficient (Wildman–Crippen LogP) is 3.16. The third kappa shape index (κ3) is 4.96. The molecule has 0 aliphatic rings. The van der Waals surface area contributed by atoms with E-state index in [1.54, 1.807) is 35.3 Å². The van der Waals surface area contributed by atoms with Crippen LogP contribution in [0.15, 0.2) is 41.1 Å². The molecule has 2 amide bonds. The minimum atomic E-state index is -0.466.